The van der Waals surface area contributed by atoms with E-state index in [1.54, 1.807) is 57.7 Å². The van der Waals surface area contributed by atoms with Crippen LogP contribution in [0, 0.1) is 0 Å². The van der Waals surface area contributed by atoms with Crippen molar-refractivity contribution >= 4 is 29.9 Å². The molecule has 49 heavy (non-hydrogen) atoms. The number of methoxy groups -OCH3 is 2. The van der Waals surface area contributed by atoms with E-state index in [2.05, 4.69) is 0 Å². The van der Waals surface area contributed by atoms with Crippen molar-refractivity contribution in [3.05, 3.63) is 166 Å². The van der Waals surface area contributed by atoms with Gasteiger partial charge in [-0.25, -0.2) is 0 Å². The minimum atomic E-state index is -3.63. The van der Waals surface area contributed by atoms with E-state index >= 15 is 4.57 Å². The van der Waals surface area contributed by atoms with Crippen molar-refractivity contribution in [2.75, 3.05) is 19.1 Å². The first-order valence-electron chi connectivity index (χ1n) is 15.9. The van der Waals surface area contributed by atoms with Gasteiger partial charge in [-0.2, -0.15) is 0 Å². The molecule has 0 aliphatic heterocycles. The van der Waals surface area contributed by atoms with E-state index in [0.29, 0.717) is 33.7 Å². The molecular formula is C40H37N2O6P. The number of carbonyl (C=O) groups is 1. The van der Waals surface area contributed by atoms with Gasteiger partial charge in [-0.1, -0.05) is 91.0 Å². The molecule has 0 aliphatic rings. The van der Waals surface area contributed by atoms with E-state index in [1.807, 2.05) is 97.1 Å². The van der Waals surface area contributed by atoms with Gasteiger partial charge in [0.1, 0.15) is 17.1 Å². The monoisotopic (exact) mass is 672 g/mol. The van der Waals surface area contributed by atoms with Crippen molar-refractivity contribution in [3.8, 4) is 17.2 Å². The third kappa shape index (κ3) is 7.30. The highest BCUT2D eigenvalue weighted by molar-refractivity contribution is 7.57. The summed E-state index contributed by atoms with van der Waals surface area (Å²) in [6.07, 6.45) is 0.205. The Labute approximate surface area is 285 Å². The lowest BCUT2D eigenvalue weighted by Crippen LogP contribution is -2.37. The highest BCUT2D eigenvalue weighted by Crippen LogP contribution is 2.55. The van der Waals surface area contributed by atoms with Crippen LogP contribution in [0.25, 0.3) is 10.9 Å². The van der Waals surface area contributed by atoms with E-state index in [4.69, 9.17) is 14.0 Å². The predicted molar refractivity (Wildman–Crippen MR) is 194 cm³/mol. The number of ether oxygens (including phenoxy) is 2. The number of pyridine rings is 1. The summed E-state index contributed by atoms with van der Waals surface area (Å²) in [6.45, 7) is 0.0666. The summed E-state index contributed by atoms with van der Waals surface area (Å²) in [6, 6.07) is 40.6. The second kappa shape index (κ2) is 14.7. The van der Waals surface area contributed by atoms with Gasteiger partial charge in [0.25, 0.3) is 18.8 Å². The number of hydrogen-bond acceptors (Lipinski definition) is 6. The van der Waals surface area contributed by atoms with Crippen LogP contribution in [0.3, 0.4) is 0 Å². The molecule has 0 N–H and O–H groups in total. The number of anilines is 1. The zero-order valence-electron chi connectivity index (χ0n) is 27.6. The van der Waals surface area contributed by atoms with E-state index in [0.717, 1.165) is 11.1 Å². The summed E-state index contributed by atoms with van der Waals surface area (Å²) in [5.74, 6) is 0.522. The zero-order valence-corrected chi connectivity index (χ0v) is 28.5. The standard InChI is InChI=1S/C40H37N2O6P/c1-41-35-22-14-13-21-34(35)38(48-49(45,27-29-15-7-4-8-16-29)28-30-17-9-5-10-18-30)37(39(41)43)40(44)42(32-19-11-6-12-20-32)26-31-23-24-33(46-2)25-36(31)47-3/h4-25H,26-28H2,1-3H3. The van der Waals surface area contributed by atoms with Crippen LogP contribution >= 0.6 is 7.37 Å². The van der Waals surface area contributed by atoms with Gasteiger partial charge in [-0.15, -0.1) is 0 Å². The van der Waals surface area contributed by atoms with Crippen molar-refractivity contribution in [3.63, 3.8) is 0 Å². The number of aromatic nitrogens is 1. The summed E-state index contributed by atoms with van der Waals surface area (Å²) in [4.78, 5) is 30.9. The first kappa shape index (κ1) is 33.3. The van der Waals surface area contributed by atoms with E-state index in [9.17, 15) is 9.59 Å². The second-order valence-corrected chi connectivity index (χ2v) is 14.1. The number of hydrogen-bond donors (Lipinski definition) is 0. The minimum absolute atomic E-state index is 0.00141. The average molecular weight is 673 g/mol. The summed E-state index contributed by atoms with van der Waals surface area (Å²) in [5, 5.41) is 0.504. The quantitative estimate of drug-likeness (QED) is 0.121. The predicted octanol–water partition coefficient (Wildman–Crippen LogP) is 8.46. The Bertz CT molecular complexity index is 2140. The van der Waals surface area contributed by atoms with Gasteiger partial charge in [0.05, 0.1) is 38.6 Å². The molecule has 0 saturated heterocycles. The fourth-order valence-electron chi connectivity index (χ4n) is 5.94. The molecule has 0 spiro atoms. The zero-order chi connectivity index (χ0) is 34.4. The van der Waals surface area contributed by atoms with Crippen LogP contribution in [0.15, 0.2) is 138 Å². The number of aryl methyl sites for hydroxylation is 1. The molecule has 0 radical (unpaired) electrons. The highest BCUT2D eigenvalue weighted by atomic mass is 31.2. The normalized spacial score (nSPS) is 11.2. The molecule has 9 heteroatoms. The molecular weight excluding hydrogens is 635 g/mol. The van der Waals surface area contributed by atoms with Crippen molar-refractivity contribution in [2.45, 2.75) is 18.9 Å². The molecule has 0 aliphatic carbocycles. The number of nitrogens with zero attached hydrogens (tertiary/aromatic N) is 2. The molecule has 0 unspecified atom stereocenters. The Morgan fingerprint density at radius 2 is 1.31 bits per heavy atom. The van der Waals surface area contributed by atoms with Crippen molar-refractivity contribution in [1.82, 2.24) is 4.57 Å². The fourth-order valence-corrected chi connectivity index (χ4v) is 8.23. The summed E-state index contributed by atoms with van der Waals surface area (Å²) in [5.41, 5.74) is 2.67. The molecule has 1 heterocycles. The first-order chi connectivity index (χ1) is 23.8. The molecule has 6 aromatic rings. The number of amides is 1. The highest BCUT2D eigenvalue weighted by Gasteiger charge is 2.34. The van der Waals surface area contributed by atoms with E-state index in [1.165, 1.54) is 9.47 Å². The molecule has 0 atom stereocenters. The Morgan fingerprint density at radius 1 is 0.735 bits per heavy atom. The number of para-hydroxylation sites is 2. The largest absolute Gasteiger partial charge is 0.497 e. The maximum absolute atomic E-state index is 15.1. The summed E-state index contributed by atoms with van der Waals surface area (Å²) < 4.78 is 34.3. The van der Waals surface area contributed by atoms with Crippen LogP contribution in [0.5, 0.6) is 17.2 Å². The molecule has 0 saturated carbocycles. The van der Waals surface area contributed by atoms with Crippen LogP contribution < -0.4 is 24.5 Å². The lowest BCUT2D eigenvalue weighted by atomic mass is 10.1. The van der Waals surface area contributed by atoms with Crippen LogP contribution in [0.4, 0.5) is 5.69 Å². The first-order valence-corrected chi connectivity index (χ1v) is 17.8. The number of carbonyl (C=O) groups excluding carboxylic acids is 1. The second-order valence-electron chi connectivity index (χ2n) is 11.7. The molecule has 6 rings (SSSR count). The smallest absolute Gasteiger partial charge is 0.268 e. The number of fused-ring (bicyclic) bond motifs is 1. The average Bonchev–Trinajstić information content (AvgIpc) is 3.13. The van der Waals surface area contributed by atoms with Gasteiger partial charge in [0, 0.05) is 29.8 Å². The molecule has 248 valence electrons. The third-order valence-corrected chi connectivity index (χ3v) is 10.6. The van der Waals surface area contributed by atoms with Crippen molar-refractivity contribution in [1.29, 1.82) is 0 Å². The molecule has 0 fully saturated rings. The number of benzene rings is 5. The molecule has 0 bridgehead atoms. The Balaban J connectivity index is 1.54. The van der Waals surface area contributed by atoms with Crippen LogP contribution in [-0.4, -0.2) is 24.7 Å². The Kier molecular flexibility index (Phi) is 9.97. The summed E-state index contributed by atoms with van der Waals surface area (Å²) in [7, 11) is 1.11. The van der Waals surface area contributed by atoms with Crippen molar-refractivity contribution < 1.29 is 23.4 Å². The Hall–Kier alpha value is -5.59. The maximum Gasteiger partial charge on any atom is 0.268 e. The van der Waals surface area contributed by atoms with Gasteiger partial charge in [-0.05, 0) is 47.5 Å². The van der Waals surface area contributed by atoms with Gasteiger partial charge < -0.3 is 23.5 Å². The Morgan fingerprint density at radius 3 is 1.90 bits per heavy atom. The van der Waals surface area contributed by atoms with Crippen molar-refractivity contribution in [2.24, 2.45) is 7.05 Å². The lowest BCUT2D eigenvalue weighted by Gasteiger charge is -2.27. The van der Waals surface area contributed by atoms with Gasteiger partial charge >= 0.3 is 0 Å². The van der Waals surface area contributed by atoms with Crippen LogP contribution in [0.2, 0.25) is 0 Å². The van der Waals surface area contributed by atoms with Gasteiger partial charge in [-0.3, -0.25) is 14.2 Å². The summed E-state index contributed by atoms with van der Waals surface area (Å²) >= 11 is 0. The fraction of sp³-hybridized carbons (Fsp3) is 0.150. The molecule has 1 aromatic heterocycles. The number of rotatable bonds is 12. The maximum atomic E-state index is 15.1. The molecule has 5 aromatic carbocycles. The lowest BCUT2D eigenvalue weighted by molar-refractivity contribution is 0.0981. The van der Waals surface area contributed by atoms with Gasteiger partial charge in [0.15, 0.2) is 5.75 Å². The van der Waals surface area contributed by atoms with Crippen LogP contribution in [-0.2, 0) is 30.5 Å². The third-order valence-electron chi connectivity index (χ3n) is 8.40. The minimum Gasteiger partial charge on any atom is -0.497 e. The van der Waals surface area contributed by atoms with Gasteiger partial charge in [0.2, 0.25) is 0 Å². The van der Waals surface area contributed by atoms with E-state index in [-0.39, 0.29) is 30.2 Å². The molecule has 8 nitrogen and oxygen atoms in total. The molecule has 1 amide bonds. The topological polar surface area (TPSA) is 87.1 Å². The SMILES string of the molecule is COc1ccc(CN(C(=O)c2c(OP(=O)(Cc3ccccc3)Cc3ccccc3)c3ccccc3n(C)c2=O)c2ccccc2)c(OC)c1. The van der Waals surface area contributed by atoms with Crippen LogP contribution in [0.1, 0.15) is 27.0 Å². The van der Waals surface area contributed by atoms with E-state index < -0.39 is 18.8 Å².